The van der Waals surface area contributed by atoms with E-state index in [9.17, 15) is 0 Å². The molecular weight excluding hydrogens is 394 g/mol. The Bertz CT molecular complexity index is 1120. The largest absolute Gasteiger partial charge is 0.341 e. The van der Waals surface area contributed by atoms with Gasteiger partial charge in [-0.25, -0.2) is 4.98 Å². The number of rotatable bonds is 8. The standard InChI is InChI=1S/C27H31N5/c28-22(20-9-2-1-3-10-20)13-8-18-32(19-26-30-23-14-4-5-15-24(23)31-26)25-16-6-11-21-12-7-17-29-27(21)25/h1-5,7,9-10,12,14-15,17,22,25H,6,8,11,13,16,18-19,28H2,(H,30,31). The lowest BCUT2D eigenvalue weighted by Gasteiger charge is -2.34. The summed E-state index contributed by atoms with van der Waals surface area (Å²) in [5, 5.41) is 0. The molecule has 164 valence electrons. The maximum absolute atomic E-state index is 6.49. The molecule has 2 unspecified atom stereocenters. The van der Waals surface area contributed by atoms with Crippen LogP contribution in [0.25, 0.3) is 11.0 Å². The number of H-pyrrole nitrogens is 1. The lowest BCUT2D eigenvalue weighted by molar-refractivity contribution is 0.158. The van der Waals surface area contributed by atoms with Crippen LogP contribution in [0.5, 0.6) is 0 Å². The van der Waals surface area contributed by atoms with Crippen molar-refractivity contribution in [2.45, 2.75) is 50.7 Å². The molecular formula is C27H31N5. The maximum Gasteiger partial charge on any atom is 0.121 e. The molecule has 2 aromatic carbocycles. The molecule has 5 nitrogen and oxygen atoms in total. The summed E-state index contributed by atoms with van der Waals surface area (Å²) < 4.78 is 0. The van der Waals surface area contributed by atoms with Gasteiger partial charge in [0, 0.05) is 12.2 Å². The summed E-state index contributed by atoms with van der Waals surface area (Å²) in [6.45, 7) is 1.76. The number of para-hydroxylation sites is 2. The highest BCUT2D eigenvalue weighted by Crippen LogP contribution is 2.34. The van der Waals surface area contributed by atoms with Crippen LogP contribution in [0.1, 0.15) is 60.4 Å². The zero-order valence-corrected chi connectivity index (χ0v) is 18.5. The molecule has 0 aliphatic heterocycles. The first-order chi connectivity index (χ1) is 15.8. The van der Waals surface area contributed by atoms with E-state index in [1.807, 2.05) is 24.4 Å². The zero-order valence-electron chi connectivity index (χ0n) is 18.5. The highest BCUT2D eigenvalue weighted by molar-refractivity contribution is 5.74. The lowest BCUT2D eigenvalue weighted by atomic mass is 9.90. The highest BCUT2D eigenvalue weighted by atomic mass is 15.2. The molecule has 2 aromatic heterocycles. The number of imidazole rings is 1. The Morgan fingerprint density at radius 1 is 1.03 bits per heavy atom. The van der Waals surface area contributed by atoms with E-state index in [1.54, 1.807) is 0 Å². The fourth-order valence-corrected chi connectivity index (χ4v) is 4.94. The maximum atomic E-state index is 6.49. The topological polar surface area (TPSA) is 70.8 Å². The summed E-state index contributed by atoms with van der Waals surface area (Å²) in [6.07, 6.45) is 7.38. The second-order valence-corrected chi connectivity index (χ2v) is 8.79. The molecule has 0 radical (unpaired) electrons. The third-order valence-electron chi connectivity index (χ3n) is 6.59. The van der Waals surface area contributed by atoms with Gasteiger partial charge in [-0.05, 0) is 68.0 Å². The van der Waals surface area contributed by atoms with Crippen LogP contribution in [0.15, 0.2) is 72.9 Å². The Kier molecular flexibility index (Phi) is 6.28. The van der Waals surface area contributed by atoms with Gasteiger partial charge in [-0.15, -0.1) is 0 Å². The number of benzene rings is 2. The van der Waals surface area contributed by atoms with Gasteiger partial charge >= 0.3 is 0 Å². The molecule has 5 heteroatoms. The summed E-state index contributed by atoms with van der Waals surface area (Å²) in [4.78, 5) is 15.7. The van der Waals surface area contributed by atoms with Crippen molar-refractivity contribution in [3.63, 3.8) is 0 Å². The van der Waals surface area contributed by atoms with Crippen LogP contribution >= 0.6 is 0 Å². The predicted octanol–water partition coefficient (Wildman–Crippen LogP) is 5.32. The van der Waals surface area contributed by atoms with Crippen LogP contribution in [-0.2, 0) is 13.0 Å². The third-order valence-corrected chi connectivity index (χ3v) is 6.59. The first kappa shape index (κ1) is 20.9. The number of nitrogens with zero attached hydrogens (tertiary/aromatic N) is 3. The second kappa shape index (κ2) is 9.63. The average Bonchev–Trinajstić information content (AvgIpc) is 3.26. The number of aromatic amines is 1. The number of aryl methyl sites for hydroxylation is 1. The number of hydrogen-bond donors (Lipinski definition) is 2. The van der Waals surface area contributed by atoms with Crippen LogP contribution in [0.2, 0.25) is 0 Å². The van der Waals surface area contributed by atoms with E-state index in [4.69, 9.17) is 15.7 Å². The van der Waals surface area contributed by atoms with Crippen molar-refractivity contribution in [2.75, 3.05) is 6.54 Å². The van der Waals surface area contributed by atoms with Crippen molar-refractivity contribution in [1.29, 1.82) is 0 Å². The van der Waals surface area contributed by atoms with Gasteiger partial charge in [0.1, 0.15) is 5.82 Å². The normalized spacial score (nSPS) is 16.9. The molecule has 1 aliphatic rings. The molecule has 0 saturated carbocycles. The minimum Gasteiger partial charge on any atom is -0.341 e. The molecule has 0 fully saturated rings. The second-order valence-electron chi connectivity index (χ2n) is 8.79. The average molecular weight is 426 g/mol. The minimum absolute atomic E-state index is 0.0704. The van der Waals surface area contributed by atoms with Gasteiger partial charge in [0.05, 0.1) is 29.3 Å². The summed E-state index contributed by atoms with van der Waals surface area (Å²) in [6, 6.07) is 23.3. The smallest absolute Gasteiger partial charge is 0.121 e. The zero-order chi connectivity index (χ0) is 21.8. The number of aromatic nitrogens is 3. The number of fused-ring (bicyclic) bond motifs is 2. The van der Waals surface area contributed by atoms with Crippen molar-refractivity contribution in [3.8, 4) is 0 Å². The van der Waals surface area contributed by atoms with Gasteiger partial charge < -0.3 is 10.7 Å². The Balaban J connectivity index is 1.35. The van der Waals surface area contributed by atoms with Crippen molar-refractivity contribution in [2.24, 2.45) is 5.73 Å². The van der Waals surface area contributed by atoms with Crippen molar-refractivity contribution in [1.82, 2.24) is 19.9 Å². The van der Waals surface area contributed by atoms with E-state index in [2.05, 4.69) is 58.4 Å². The minimum atomic E-state index is 0.0704. The highest BCUT2D eigenvalue weighted by Gasteiger charge is 2.27. The summed E-state index contributed by atoms with van der Waals surface area (Å²) in [7, 11) is 0. The quantitative estimate of drug-likeness (QED) is 0.401. The van der Waals surface area contributed by atoms with Gasteiger partial charge in [0.25, 0.3) is 0 Å². The fraction of sp³-hybridized carbons (Fsp3) is 0.333. The van der Waals surface area contributed by atoms with E-state index < -0.39 is 0 Å². The first-order valence-electron chi connectivity index (χ1n) is 11.7. The van der Waals surface area contributed by atoms with Crippen LogP contribution < -0.4 is 5.73 Å². The number of pyridine rings is 1. The Morgan fingerprint density at radius 2 is 1.88 bits per heavy atom. The van der Waals surface area contributed by atoms with Gasteiger partial charge in [0.15, 0.2) is 0 Å². The number of hydrogen-bond acceptors (Lipinski definition) is 4. The monoisotopic (exact) mass is 425 g/mol. The first-order valence-corrected chi connectivity index (χ1v) is 11.7. The van der Waals surface area contributed by atoms with Gasteiger partial charge in [-0.1, -0.05) is 48.5 Å². The molecule has 0 bridgehead atoms. The molecule has 2 heterocycles. The number of nitrogens with one attached hydrogen (secondary N) is 1. The Hall–Kier alpha value is -3.02. The molecule has 0 amide bonds. The van der Waals surface area contributed by atoms with E-state index in [0.717, 1.165) is 55.6 Å². The molecule has 0 saturated heterocycles. The van der Waals surface area contributed by atoms with Crippen LogP contribution in [0.3, 0.4) is 0 Å². The van der Waals surface area contributed by atoms with Gasteiger partial charge in [0.2, 0.25) is 0 Å². The molecule has 4 aromatic rings. The third kappa shape index (κ3) is 4.59. The fourth-order valence-electron chi connectivity index (χ4n) is 4.94. The lowest BCUT2D eigenvalue weighted by Crippen LogP contribution is -2.33. The number of nitrogens with two attached hydrogens (primary N) is 1. The van der Waals surface area contributed by atoms with E-state index in [0.29, 0.717) is 6.04 Å². The summed E-state index contributed by atoms with van der Waals surface area (Å²) in [5.41, 5.74) is 12.4. The molecule has 0 spiro atoms. The van der Waals surface area contributed by atoms with Gasteiger partial charge in [-0.3, -0.25) is 9.88 Å². The molecule has 1 aliphatic carbocycles. The Morgan fingerprint density at radius 3 is 2.75 bits per heavy atom. The van der Waals surface area contributed by atoms with Crippen LogP contribution in [0, 0.1) is 0 Å². The van der Waals surface area contributed by atoms with Crippen molar-refractivity contribution < 1.29 is 0 Å². The van der Waals surface area contributed by atoms with Crippen LogP contribution in [-0.4, -0.2) is 26.4 Å². The van der Waals surface area contributed by atoms with E-state index >= 15 is 0 Å². The van der Waals surface area contributed by atoms with E-state index in [-0.39, 0.29) is 6.04 Å². The molecule has 2 atom stereocenters. The Labute approximate surface area is 189 Å². The molecule has 3 N–H and O–H groups in total. The molecule has 5 rings (SSSR count). The predicted molar refractivity (Wildman–Crippen MR) is 129 cm³/mol. The van der Waals surface area contributed by atoms with Gasteiger partial charge in [-0.2, -0.15) is 0 Å². The summed E-state index contributed by atoms with van der Waals surface area (Å²) >= 11 is 0. The molecule has 32 heavy (non-hydrogen) atoms. The van der Waals surface area contributed by atoms with Crippen molar-refractivity contribution in [3.05, 3.63) is 95.6 Å². The van der Waals surface area contributed by atoms with Crippen molar-refractivity contribution >= 4 is 11.0 Å². The van der Waals surface area contributed by atoms with E-state index in [1.165, 1.54) is 23.2 Å². The SMILES string of the molecule is NC(CCCN(Cc1nc2ccccc2[nH]1)C1CCCc2cccnc21)c1ccccc1. The summed E-state index contributed by atoms with van der Waals surface area (Å²) in [5.74, 6) is 1.02. The van der Waals surface area contributed by atoms with Crippen LogP contribution in [0.4, 0.5) is 0 Å².